The normalized spacial score (nSPS) is 12.6. The fourth-order valence-corrected chi connectivity index (χ4v) is 4.25. The third-order valence-electron chi connectivity index (χ3n) is 4.68. The molecule has 1 N–H and O–H groups in total. The number of ether oxygens (including phenoxy) is 1. The second-order valence-corrected chi connectivity index (χ2v) is 8.84. The number of nitrogens with zero attached hydrogens (tertiary/aromatic N) is 1. The van der Waals surface area contributed by atoms with Crippen LogP contribution in [0.4, 0.5) is 0 Å². The second-order valence-electron chi connectivity index (χ2n) is 7.12. The number of benzene rings is 1. The zero-order valence-electron chi connectivity index (χ0n) is 17.5. The molecule has 1 heterocycles. The van der Waals surface area contributed by atoms with Crippen molar-refractivity contribution in [1.82, 2.24) is 9.29 Å². The van der Waals surface area contributed by atoms with Crippen LogP contribution in [-0.2, 0) is 26.1 Å². The highest BCUT2D eigenvalue weighted by atomic mass is 32.2. The Hall–Kier alpha value is -2.45. The predicted molar refractivity (Wildman–Crippen MR) is 110 cm³/mol. The van der Waals surface area contributed by atoms with Gasteiger partial charge in [0.1, 0.15) is 6.04 Å². The van der Waals surface area contributed by atoms with E-state index in [2.05, 4.69) is 11.6 Å². The molecule has 1 aromatic heterocycles. The van der Waals surface area contributed by atoms with Crippen molar-refractivity contribution < 1.29 is 22.7 Å². The fourth-order valence-electron chi connectivity index (χ4n) is 3.06. The number of hydrogen-bond acceptors (Lipinski definition) is 5. The molecule has 0 fully saturated rings. The summed E-state index contributed by atoms with van der Waals surface area (Å²) < 4.78 is 34.1. The molecule has 158 valence electrons. The molecule has 29 heavy (non-hydrogen) atoms. The topological polar surface area (TPSA) is 94.5 Å². The first-order valence-electron chi connectivity index (χ1n) is 9.52. The maximum absolute atomic E-state index is 12.5. The molecule has 8 heteroatoms. The van der Waals surface area contributed by atoms with Crippen molar-refractivity contribution in [3.63, 3.8) is 0 Å². The number of carbonyl (C=O) groups excluding carboxylic acids is 2. The van der Waals surface area contributed by atoms with Crippen molar-refractivity contribution in [3.05, 3.63) is 52.8 Å². The summed E-state index contributed by atoms with van der Waals surface area (Å²) in [5.41, 5.74) is 3.24. The molecule has 0 aliphatic carbocycles. The van der Waals surface area contributed by atoms with Gasteiger partial charge in [0.25, 0.3) is 0 Å². The molecule has 0 saturated heterocycles. The van der Waals surface area contributed by atoms with Gasteiger partial charge in [0.2, 0.25) is 15.8 Å². The van der Waals surface area contributed by atoms with Gasteiger partial charge in [-0.1, -0.05) is 24.6 Å². The highest BCUT2D eigenvalue weighted by Gasteiger charge is 2.24. The molecule has 2 rings (SSSR count). The summed E-state index contributed by atoms with van der Waals surface area (Å²) in [6.07, 6.45) is 0.942. The molecule has 7 nitrogen and oxygen atoms in total. The molecule has 0 spiro atoms. The molecule has 2 aromatic rings. The van der Waals surface area contributed by atoms with E-state index in [9.17, 15) is 18.0 Å². The molecule has 0 aliphatic rings. The van der Waals surface area contributed by atoms with E-state index >= 15 is 0 Å². The monoisotopic (exact) mass is 420 g/mol. The van der Waals surface area contributed by atoms with E-state index in [-0.39, 0.29) is 10.7 Å². The summed E-state index contributed by atoms with van der Waals surface area (Å²) in [6.45, 7) is 9.44. The van der Waals surface area contributed by atoms with Gasteiger partial charge in [0.15, 0.2) is 6.61 Å². The first kappa shape index (κ1) is 22.8. The van der Waals surface area contributed by atoms with Gasteiger partial charge in [0.05, 0.1) is 4.90 Å². The Bertz CT molecular complexity index is 991. The quantitative estimate of drug-likeness (QED) is 0.497. The lowest BCUT2D eigenvalue weighted by molar-refractivity contribution is -0.144. The highest BCUT2D eigenvalue weighted by molar-refractivity contribution is 7.89. The SMILES string of the molecule is CCCn1c(C)cc(C(=O)COC(=O)[C@H](C)NS(=O)(=O)c2ccc(C)cc2)c1C. The third kappa shape index (κ3) is 5.55. The molecule has 0 saturated carbocycles. The Labute approximate surface area is 172 Å². The zero-order valence-corrected chi connectivity index (χ0v) is 18.3. The van der Waals surface area contributed by atoms with Crippen LogP contribution in [0.3, 0.4) is 0 Å². The summed E-state index contributed by atoms with van der Waals surface area (Å²) in [5, 5.41) is 0. The number of esters is 1. The Morgan fingerprint density at radius 2 is 1.76 bits per heavy atom. The summed E-state index contributed by atoms with van der Waals surface area (Å²) in [4.78, 5) is 24.7. The number of aromatic nitrogens is 1. The number of rotatable bonds is 9. The van der Waals surface area contributed by atoms with E-state index in [1.807, 2.05) is 25.3 Å². The third-order valence-corrected chi connectivity index (χ3v) is 6.24. The smallest absolute Gasteiger partial charge is 0.324 e. The lowest BCUT2D eigenvalue weighted by Gasteiger charge is -2.14. The minimum atomic E-state index is -3.87. The largest absolute Gasteiger partial charge is 0.456 e. The molecule has 0 amide bonds. The van der Waals surface area contributed by atoms with Crippen molar-refractivity contribution >= 4 is 21.8 Å². The summed E-state index contributed by atoms with van der Waals surface area (Å²) in [6, 6.07) is 6.93. The van der Waals surface area contributed by atoms with Crippen LogP contribution in [-0.4, -0.2) is 37.4 Å². The summed E-state index contributed by atoms with van der Waals surface area (Å²) >= 11 is 0. The average Bonchev–Trinajstić information content (AvgIpc) is 2.94. The van der Waals surface area contributed by atoms with Crippen LogP contribution in [0.25, 0.3) is 0 Å². The number of sulfonamides is 1. The molecule has 1 atom stereocenters. The lowest BCUT2D eigenvalue weighted by Crippen LogP contribution is -2.40. The molecular formula is C21H28N2O5S. The molecule has 0 radical (unpaired) electrons. The van der Waals surface area contributed by atoms with Crippen LogP contribution in [0, 0.1) is 20.8 Å². The molecule has 1 aromatic carbocycles. The second kappa shape index (κ2) is 9.37. The minimum absolute atomic E-state index is 0.0576. The number of Topliss-reactive ketones (excluding diaryl/α,β-unsaturated/α-hetero) is 1. The molecule has 0 aliphatic heterocycles. The predicted octanol–water partition coefficient (Wildman–Crippen LogP) is 2.92. The standard InChI is InChI=1S/C21H28N2O5S/c1-6-11-23-15(3)12-19(17(23)5)20(24)13-28-21(25)16(4)22-29(26,27)18-9-7-14(2)8-10-18/h7-10,12,16,22H,6,11,13H2,1-5H3/t16-/m0/s1. The van der Waals surface area contributed by atoms with Crippen molar-refractivity contribution in [2.75, 3.05) is 6.61 Å². The van der Waals surface area contributed by atoms with Crippen molar-refractivity contribution in [3.8, 4) is 0 Å². The highest BCUT2D eigenvalue weighted by Crippen LogP contribution is 2.17. The molecular weight excluding hydrogens is 392 g/mol. The summed E-state index contributed by atoms with van der Waals surface area (Å²) in [5.74, 6) is -1.13. The summed E-state index contributed by atoms with van der Waals surface area (Å²) in [7, 11) is -3.87. The van der Waals surface area contributed by atoms with Crippen LogP contribution in [0.2, 0.25) is 0 Å². The Kier molecular flexibility index (Phi) is 7.37. The average molecular weight is 421 g/mol. The lowest BCUT2D eigenvalue weighted by atomic mass is 10.1. The first-order valence-corrected chi connectivity index (χ1v) is 11.0. The van der Waals surface area contributed by atoms with Crippen molar-refractivity contribution in [2.24, 2.45) is 0 Å². The van der Waals surface area contributed by atoms with Gasteiger partial charge in [-0.3, -0.25) is 9.59 Å². The van der Waals surface area contributed by atoms with Crippen LogP contribution in [0.1, 0.15) is 47.6 Å². The van der Waals surface area contributed by atoms with Crippen LogP contribution >= 0.6 is 0 Å². The van der Waals surface area contributed by atoms with Crippen LogP contribution < -0.4 is 4.72 Å². The Balaban J connectivity index is 1.99. The number of nitrogens with one attached hydrogen (secondary N) is 1. The molecule has 0 unspecified atom stereocenters. The van der Waals surface area contributed by atoms with Gasteiger partial charge in [0, 0.05) is 23.5 Å². The van der Waals surface area contributed by atoms with Gasteiger partial charge in [-0.2, -0.15) is 4.72 Å². The number of aryl methyl sites for hydroxylation is 2. The molecule has 0 bridgehead atoms. The number of ketones is 1. The van der Waals surface area contributed by atoms with Gasteiger partial charge >= 0.3 is 5.97 Å². The Morgan fingerprint density at radius 3 is 2.34 bits per heavy atom. The number of carbonyl (C=O) groups is 2. The van der Waals surface area contributed by atoms with Crippen molar-refractivity contribution in [2.45, 2.75) is 58.5 Å². The van der Waals surface area contributed by atoms with Gasteiger partial charge in [-0.25, -0.2) is 8.42 Å². The fraction of sp³-hybridized carbons (Fsp3) is 0.429. The van der Waals surface area contributed by atoms with E-state index in [0.29, 0.717) is 5.56 Å². The van der Waals surface area contributed by atoms with E-state index in [1.54, 1.807) is 18.2 Å². The van der Waals surface area contributed by atoms with Crippen molar-refractivity contribution in [1.29, 1.82) is 0 Å². The van der Waals surface area contributed by atoms with E-state index in [4.69, 9.17) is 4.74 Å². The van der Waals surface area contributed by atoms with E-state index in [1.165, 1.54) is 19.1 Å². The maximum Gasteiger partial charge on any atom is 0.324 e. The number of hydrogen-bond donors (Lipinski definition) is 1. The first-order chi connectivity index (χ1) is 13.6. The van der Waals surface area contributed by atoms with E-state index < -0.39 is 28.6 Å². The van der Waals surface area contributed by atoms with E-state index in [0.717, 1.165) is 29.9 Å². The van der Waals surface area contributed by atoms with Crippen LogP contribution in [0.15, 0.2) is 35.2 Å². The van der Waals surface area contributed by atoms with Gasteiger partial charge in [-0.05, 0) is 52.3 Å². The van der Waals surface area contributed by atoms with Gasteiger partial charge in [-0.15, -0.1) is 0 Å². The zero-order chi connectivity index (χ0) is 21.8. The minimum Gasteiger partial charge on any atom is -0.456 e. The van der Waals surface area contributed by atoms with Crippen LogP contribution in [0.5, 0.6) is 0 Å². The maximum atomic E-state index is 12.5. The van der Waals surface area contributed by atoms with Gasteiger partial charge < -0.3 is 9.30 Å². The Morgan fingerprint density at radius 1 is 1.14 bits per heavy atom.